The van der Waals surface area contributed by atoms with E-state index in [-0.39, 0.29) is 0 Å². The Morgan fingerprint density at radius 3 is 2.20 bits per heavy atom. The predicted octanol–water partition coefficient (Wildman–Crippen LogP) is 3.02. The maximum Gasteiger partial charge on any atom is 0.325 e. The van der Waals surface area contributed by atoms with Crippen LogP contribution in [-0.4, -0.2) is 31.9 Å². The second-order valence-electron chi connectivity index (χ2n) is 5.33. The van der Waals surface area contributed by atoms with E-state index in [1.54, 1.807) is 26.4 Å². The fourth-order valence-corrected chi connectivity index (χ4v) is 2.54. The third-order valence-corrected chi connectivity index (χ3v) is 3.70. The van der Waals surface area contributed by atoms with Crippen LogP contribution in [0, 0.1) is 0 Å². The highest BCUT2D eigenvalue weighted by Gasteiger charge is 2.20. The van der Waals surface area contributed by atoms with Gasteiger partial charge in [0.05, 0.1) is 20.8 Å². The summed E-state index contributed by atoms with van der Waals surface area (Å²) >= 11 is 0. The molecular formula is C19H23NO5. The Bertz CT molecular complexity index is 677. The molecule has 0 aromatic heterocycles. The lowest BCUT2D eigenvalue weighted by molar-refractivity contribution is -0.139. The summed E-state index contributed by atoms with van der Waals surface area (Å²) in [4.78, 5) is 11.6. The number of carbonyl (C=O) groups is 1. The number of ether oxygens (including phenoxy) is 3. The molecular weight excluding hydrogens is 322 g/mol. The first-order chi connectivity index (χ1) is 12.1. The van der Waals surface area contributed by atoms with E-state index in [1.165, 1.54) is 0 Å². The molecule has 6 heteroatoms. The summed E-state index contributed by atoms with van der Waals surface area (Å²) in [5.74, 6) is 0.694. The van der Waals surface area contributed by atoms with Gasteiger partial charge in [-0.1, -0.05) is 30.3 Å². The largest absolute Gasteiger partial charge is 0.493 e. The van der Waals surface area contributed by atoms with Gasteiger partial charge in [0.25, 0.3) is 0 Å². The van der Waals surface area contributed by atoms with E-state index >= 15 is 0 Å². The second-order valence-corrected chi connectivity index (χ2v) is 5.33. The molecule has 0 heterocycles. The molecule has 0 saturated heterocycles. The minimum Gasteiger partial charge on any atom is -0.493 e. The van der Waals surface area contributed by atoms with Crippen LogP contribution >= 0.6 is 0 Å². The number of hydrogen-bond acceptors (Lipinski definition) is 5. The molecule has 0 aliphatic heterocycles. The fraction of sp³-hybridized carbons (Fsp3) is 0.316. The Morgan fingerprint density at radius 2 is 1.72 bits per heavy atom. The van der Waals surface area contributed by atoms with E-state index < -0.39 is 12.0 Å². The van der Waals surface area contributed by atoms with Gasteiger partial charge in [0.1, 0.15) is 6.04 Å². The first-order valence-corrected chi connectivity index (χ1v) is 7.99. The van der Waals surface area contributed by atoms with E-state index in [1.807, 2.05) is 37.3 Å². The molecule has 0 spiro atoms. The highest BCUT2D eigenvalue weighted by Crippen LogP contribution is 2.38. The highest BCUT2D eigenvalue weighted by molar-refractivity contribution is 5.75. The number of nitrogens with one attached hydrogen (secondary N) is 1. The zero-order chi connectivity index (χ0) is 18.2. The maximum absolute atomic E-state index is 11.6. The van der Waals surface area contributed by atoms with E-state index in [4.69, 9.17) is 14.2 Å². The van der Waals surface area contributed by atoms with Gasteiger partial charge >= 0.3 is 5.97 Å². The van der Waals surface area contributed by atoms with Gasteiger partial charge in [0.15, 0.2) is 11.5 Å². The van der Waals surface area contributed by atoms with Crippen LogP contribution in [0.15, 0.2) is 42.5 Å². The van der Waals surface area contributed by atoms with Crippen molar-refractivity contribution >= 4 is 5.97 Å². The van der Waals surface area contributed by atoms with Crippen molar-refractivity contribution in [2.45, 2.75) is 19.5 Å². The van der Waals surface area contributed by atoms with Gasteiger partial charge in [-0.05, 0) is 30.2 Å². The molecule has 134 valence electrons. The van der Waals surface area contributed by atoms with Crippen LogP contribution in [0.1, 0.15) is 24.1 Å². The van der Waals surface area contributed by atoms with Crippen LogP contribution in [-0.2, 0) is 11.3 Å². The third kappa shape index (κ3) is 4.64. The third-order valence-electron chi connectivity index (χ3n) is 3.70. The van der Waals surface area contributed by atoms with Crippen molar-refractivity contribution in [2.24, 2.45) is 0 Å². The topological polar surface area (TPSA) is 77.0 Å². The van der Waals surface area contributed by atoms with Gasteiger partial charge < -0.3 is 19.3 Å². The van der Waals surface area contributed by atoms with Crippen LogP contribution in [0.4, 0.5) is 0 Å². The van der Waals surface area contributed by atoms with Gasteiger partial charge in [-0.3, -0.25) is 10.1 Å². The summed E-state index contributed by atoms with van der Waals surface area (Å²) in [5, 5.41) is 12.5. The molecule has 0 radical (unpaired) electrons. The zero-order valence-corrected chi connectivity index (χ0v) is 14.6. The second kappa shape index (κ2) is 8.94. The lowest BCUT2D eigenvalue weighted by Gasteiger charge is -2.18. The molecule has 2 aromatic rings. The molecule has 2 N–H and O–H groups in total. The van der Waals surface area contributed by atoms with Crippen LogP contribution in [0.2, 0.25) is 0 Å². The summed E-state index contributed by atoms with van der Waals surface area (Å²) in [7, 11) is 3.11. The van der Waals surface area contributed by atoms with Crippen molar-refractivity contribution in [1.29, 1.82) is 0 Å². The lowest BCUT2D eigenvalue weighted by atomic mass is 10.1. The van der Waals surface area contributed by atoms with Crippen LogP contribution in [0.25, 0.3) is 0 Å². The lowest BCUT2D eigenvalue weighted by Crippen LogP contribution is -2.28. The van der Waals surface area contributed by atoms with Crippen molar-refractivity contribution in [3.05, 3.63) is 53.6 Å². The summed E-state index contributed by atoms with van der Waals surface area (Å²) in [6.45, 7) is 2.70. The van der Waals surface area contributed by atoms with Crippen molar-refractivity contribution in [3.8, 4) is 17.2 Å². The molecule has 0 aliphatic rings. The summed E-state index contributed by atoms with van der Waals surface area (Å²) < 4.78 is 16.3. The summed E-state index contributed by atoms with van der Waals surface area (Å²) in [5.41, 5.74) is 1.53. The van der Waals surface area contributed by atoms with Crippen molar-refractivity contribution in [1.82, 2.24) is 5.32 Å². The number of carboxylic acid groups (broad SMARTS) is 1. The molecule has 0 bridgehead atoms. The van der Waals surface area contributed by atoms with E-state index in [0.717, 1.165) is 5.56 Å². The number of methoxy groups -OCH3 is 2. The smallest absolute Gasteiger partial charge is 0.325 e. The Morgan fingerprint density at radius 1 is 1.12 bits per heavy atom. The van der Waals surface area contributed by atoms with Crippen molar-refractivity contribution < 1.29 is 24.1 Å². The monoisotopic (exact) mass is 345 g/mol. The van der Waals surface area contributed by atoms with Crippen molar-refractivity contribution in [2.75, 3.05) is 20.8 Å². The van der Waals surface area contributed by atoms with Crippen molar-refractivity contribution in [3.63, 3.8) is 0 Å². The molecule has 0 fully saturated rings. The minimum absolute atomic E-state index is 0.338. The molecule has 0 amide bonds. The van der Waals surface area contributed by atoms with Crippen LogP contribution < -0.4 is 19.5 Å². The number of benzene rings is 2. The van der Waals surface area contributed by atoms with Gasteiger partial charge in [-0.15, -0.1) is 0 Å². The van der Waals surface area contributed by atoms with Gasteiger partial charge in [-0.25, -0.2) is 0 Å². The SMILES string of the molecule is CCOc1c(OC)cc(CN[C@H](C(=O)O)c2ccccc2)cc1OC. The molecule has 0 unspecified atom stereocenters. The summed E-state index contributed by atoms with van der Waals surface area (Å²) in [6.07, 6.45) is 0. The fourth-order valence-electron chi connectivity index (χ4n) is 2.54. The average molecular weight is 345 g/mol. The molecule has 0 aliphatic carbocycles. The first kappa shape index (κ1) is 18.6. The summed E-state index contributed by atoms with van der Waals surface area (Å²) in [6, 6.07) is 11.9. The maximum atomic E-state index is 11.6. The van der Waals surface area contributed by atoms with E-state index in [0.29, 0.717) is 36.0 Å². The number of hydrogen-bond donors (Lipinski definition) is 2. The van der Waals surface area contributed by atoms with Gasteiger partial charge in [0, 0.05) is 6.54 Å². The minimum atomic E-state index is -0.934. The Hall–Kier alpha value is -2.73. The molecule has 1 atom stereocenters. The molecule has 25 heavy (non-hydrogen) atoms. The number of rotatable bonds is 9. The van der Waals surface area contributed by atoms with Crippen LogP contribution in [0.5, 0.6) is 17.2 Å². The standard InChI is InChI=1S/C19H23NO5/c1-4-25-18-15(23-2)10-13(11-16(18)24-3)12-20-17(19(21)22)14-8-6-5-7-9-14/h5-11,17,20H,4,12H2,1-3H3,(H,21,22)/t17-/m0/s1. The Labute approximate surface area is 147 Å². The van der Waals surface area contributed by atoms with Gasteiger partial charge in [0.2, 0.25) is 5.75 Å². The normalized spacial score (nSPS) is 11.6. The Balaban J connectivity index is 2.23. The molecule has 6 nitrogen and oxygen atoms in total. The Kier molecular flexibility index (Phi) is 6.65. The number of carboxylic acids is 1. The molecule has 2 aromatic carbocycles. The number of aliphatic carboxylic acids is 1. The quantitative estimate of drug-likeness (QED) is 0.727. The van der Waals surface area contributed by atoms with E-state index in [2.05, 4.69) is 5.32 Å². The van der Waals surface area contributed by atoms with Crippen LogP contribution in [0.3, 0.4) is 0 Å². The highest BCUT2D eigenvalue weighted by atomic mass is 16.5. The average Bonchev–Trinajstić information content (AvgIpc) is 2.63. The predicted molar refractivity (Wildman–Crippen MR) is 94.4 cm³/mol. The van der Waals surface area contributed by atoms with E-state index in [9.17, 15) is 9.90 Å². The first-order valence-electron chi connectivity index (χ1n) is 7.99. The van der Waals surface area contributed by atoms with Gasteiger partial charge in [-0.2, -0.15) is 0 Å². The zero-order valence-electron chi connectivity index (χ0n) is 14.6. The molecule has 0 saturated carbocycles. The molecule has 2 rings (SSSR count).